The number of benzene rings is 2. The van der Waals surface area contributed by atoms with E-state index in [0.717, 1.165) is 42.5 Å². The highest BCUT2D eigenvalue weighted by atomic mass is 16.5. The molecule has 2 aliphatic rings. The number of H-pyrrole nitrogens is 1. The molecule has 0 spiro atoms. The number of aromatic nitrogens is 1. The standard InChI is InChI=1S/C23H25N3O2/c1-28-16-7-8-20-17(13-16)18-14-26(12-11-21(18)25-20)23(27)22-10-9-19(24-22)15-5-3-2-4-6-15/h2-8,13,19,22,24-25H,9-12,14H2,1H3/t19-,22-/m1/s1. The minimum atomic E-state index is -0.0912. The second-order valence-electron chi connectivity index (χ2n) is 7.76. The molecule has 0 radical (unpaired) electrons. The van der Waals surface area contributed by atoms with Gasteiger partial charge in [0.1, 0.15) is 5.75 Å². The van der Waals surface area contributed by atoms with Crippen molar-refractivity contribution in [1.82, 2.24) is 15.2 Å². The van der Waals surface area contributed by atoms with Gasteiger partial charge in [0.25, 0.3) is 0 Å². The second kappa shape index (κ2) is 6.99. The van der Waals surface area contributed by atoms with Crippen molar-refractivity contribution in [3.05, 3.63) is 65.4 Å². The lowest BCUT2D eigenvalue weighted by molar-refractivity contribution is -0.134. The molecule has 28 heavy (non-hydrogen) atoms. The molecule has 5 nitrogen and oxygen atoms in total. The summed E-state index contributed by atoms with van der Waals surface area (Å²) in [5.41, 5.74) is 4.85. The second-order valence-corrected chi connectivity index (χ2v) is 7.76. The van der Waals surface area contributed by atoms with Crippen LogP contribution in [0, 0.1) is 0 Å². The highest BCUT2D eigenvalue weighted by Gasteiger charge is 2.34. The van der Waals surface area contributed by atoms with E-state index in [1.807, 2.05) is 17.0 Å². The molecule has 1 amide bonds. The summed E-state index contributed by atoms with van der Waals surface area (Å²) in [6.07, 6.45) is 2.76. The summed E-state index contributed by atoms with van der Waals surface area (Å²) in [5, 5.41) is 4.72. The zero-order chi connectivity index (χ0) is 19.1. The molecule has 1 saturated heterocycles. The molecule has 5 rings (SSSR count). The molecule has 144 valence electrons. The van der Waals surface area contributed by atoms with Crippen LogP contribution in [0.4, 0.5) is 0 Å². The van der Waals surface area contributed by atoms with Crippen LogP contribution in [0.5, 0.6) is 5.75 Å². The Morgan fingerprint density at radius 1 is 1.14 bits per heavy atom. The lowest BCUT2D eigenvalue weighted by Crippen LogP contribution is -2.45. The Kier molecular flexibility index (Phi) is 4.32. The van der Waals surface area contributed by atoms with Crippen molar-refractivity contribution in [2.75, 3.05) is 13.7 Å². The molecule has 2 aliphatic heterocycles. The van der Waals surface area contributed by atoms with Crippen LogP contribution >= 0.6 is 0 Å². The lowest BCUT2D eigenvalue weighted by Gasteiger charge is -2.30. The molecule has 0 saturated carbocycles. The van der Waals surface area contributed by atoms with Crippen LogP contribution in [0.25, 0.3) is 10.9 Å². The molecule has 2 atom stereocenters. The van der Waals surface area contributed by atoms with Crippen molar-refractivity contribution in [2.45, 2.75) is 37.9 Å². The summed E-state index contributed by atoms with van der Waals surface area (Å²) in [4.78, 5) is 18.7. The van der Waals surface area contributed by atoms with Gasteiger partial charge in [0.15, 0.2) is 0 Å². The van der Waals surface area contributed by atoms with Crippen molar-refractivity contribution in [1.29, 1.82) is 0 Å². The van der Waals surface area contributed by atoms with E-state index in [9.17, 15) is 4.79 Å². The number of hydrogen-bond acceptors (Lipinski definition) is 3. The predicted molar refractivity (Wildman–Crippen MR) is 109 cm³/mol. The highest BCUT2D eigenvalue weighted by Crippen LogP contribution is 2.32. The van der Waals surface area contributed by atoms with Gasteiger partial charge in [-0.3, -0.25) is 10.1 Å². The summed E-state index contributed by atoms with van der Waals surface area (Å²) >= 11 is 0. The average molecular weight is 375 g/mol. The number of hydrogen-bond donors (Lipinski definition) is 2. The maximum atomic E-state index is 13.2. The van der Waals surface area contributed by atoms with Gasteiger partial charge in [0.2, 0.25) is 5.91 Å². The number of fused-ring (bicyclic) bond motifs is 3. The van der Waals surface area contributed by atoms with E-state index in [4.69, 9.17) is 4.74 Å². The Morgan fingerprint density at radius 3 is 2.82 bits per heavy atom. The van der Waals surface area contributed by atoms with Crippen LogP contribution in [0.15, 0.2) is 48.5 Å². The molecule has 2 aromatic carbocycles. The third-order valence-electron chi connectivity index (χ3n) is 6.14. The van der Waals surface area contributed by atoms with Gasteiger partial charge < -0.3 is 14.6 Å². The minimum absolute atomic E-state index is 0.0912. The fraction of sp³-hybridized carbons (Fsp3) is 0.348. The topological polar surface area (TPSA) is 57.4 Å². The molecule has 0 aliphatic carbocycles. The fourth-order valence-corrected chi connectivity index (χ4v) is 4.61. The molecular weight excluding hydrogens is 350 g/mol. The van der Waals surface area contributed by atoms with E-state index in [-0.39, 0.29) is 18.0 Å². The number of carbonyl (C=O) groups is 1. The summed E-state index contributed by atoms with van der Waals surface area (Å²) in [6.45, 7) is 1.43. The van der Waals surface area contributed by atoms with E-state index in [0.29, 0.717) is 6.54 Å². The van der Waals surface area contributed by atoms with Crippen LogP contribution in [-0.4, -0.2) is 35.5 Å². The van der Waals surface area contributed by atoms with Crippen LogP contribution in [-0.2, 0) is 17.8 Å². The number of ether oxygens (including phenoxy) is 1. The molecule has 3 heterocycles. The molecular formula is C23H25N3O2. The van der Waals surface area contributed by atoms with E-state index in [2.05, 4.69) is 46.7 Å². The van der Waals surface area contributed by atoms with Crippen LogP contribution in [0.1, 0.15) is 35.7 Å². The first-order valence-electron chi connectivity index (χ1n) is 10.00. The molecule has 1 aromatic heterocycles. The molecule has 1 fully saturated rings. The van der Waals surface area contributed by atoms with Gasteiger partial charge in [-0.2, -0.15) is 0 Å². The summed E-state index contributed by atoms with van der Waals surface area (Å²) < 4.78 is 5.39. The van der Waals surface area contributed by atoms with Crippen molar-refractivity contribution in [3.63, 3.8) is 0 Å². The number of amides is 1. The van der Waals surface area contributed by atoms with E-state index < -0.39 is 0 Å². The molecule has 5 heteroatoms. The smallest absolute Gasteiger partial charge is 0.240 e. The number of rotatable bonds is 3. The van der Waals surface area contributed by atoms with Gasteiger partial charge >= 0.3 is 0 Å². The van der Waals surface area contributed by atoms with Crippen molar-refractivity contribution in [3.8, 4) is 5.75 Å². The zero-order valence-corrected chi connectivity index (χ0v) is 16.1. The molecule has 3 aromatic rings. The Labute approximate surface area is 164 Å². The normalized spacial score (nSPS) is 21.7. The fourth-order valence-electron chi connectivity index (χ4n) is 4.61. The van der Waals surface area contributed by atoms with Gasteiger partial charge in [-0.05, 0) is 36.6 Å². The molecule has 0 unspecified atom stereocenters. The third kappa shape index (κ3) is 2.96. The van der Waals surface area contributed by atoms with E-state index in [1.165, 1.54) is 16.8 Å². The maximum absolute atomic E-state index is 13.2. The Hall–Kier alpha value is -2.79. The predicted octanol–water partition coefficient (Wildman–Crippen LogP) is 3.55. The maximum Gasteiger partial charge on any atom is 0.240 e. The Morgan fingerprint density at radius 2 is 2.00 bits per heavy atom. The number of nitrogens with zero attached hydrogens (tertiary/aromatic N) is 1. The van der Waals surface area contributed by atoms with Crippen LogP contribution in [0.2, 0.25) is 0 Å². The largest absolute Gasteiger partial charge is 0.497 e. The van der Waals surface area contributed by atoms with Crippen LogP contribution in [0.3, 0.4) is 0 Å². The first-order valence-corrected chi connectivity index (χ1v) is 10.00. The third-order valence-corrected chi connectivity index (χ3v) is 6.14. The van der Waals surface area contributed by atoms with Crippen molar-refractivity contribution >= 4 is 16.8 Å². The summed E-state index contributed by atoms with van der Waals surface area (Å²) in [7, 11) is 1.69. The lowest BCUT2D eigenvalue weighted by atomic mass is 10.0. The van der Waals surface area contributed by atoms with Gasteiger partial charge in [0, 0.05) is 47.7 Å². The zero-order valence-electron chi connectivity index (χ0n) is 16.1. The quantitative estimate of drug-likeness (QED) is 0.736. The first kappa shape index (κ1) is 17.3. The molecule has 2 N–H and O–H groups in total. The summed E-state index contributed by atoms with van der Waals surface area (Å²) in [6, 6.07) is 16.7. The first-order chi connectivity index (χ1) is 13.7. The van der Waals surface area contributed by atoms with Gasteiger partial charge in [-0.1, -0.05) is 30.3 Å². The van der Waals surface area contributed by atoms with Crippen molar-refractivity contribution < 1.29 is 9.53 Å². The molecule has 0 bridgehead atoms. The monoisotopic (exact) mass is 375 g/mol. The average Bonchev–Trinajstić information content (AvgIpc) is 3.38. The highest BCUT2D eigenvalue weighted by molar-refractivity contribution is 5.88. The number of carbonyl (C=O) groups excluding carboxylic acids is 1. The number of aromatic amines is 1. The van der Waals surface area contributed by atoms with E-state index >= 15 is 0 Å². The number of methoxy groups -OCH3 is 1. The Balaban J connectivity index is 1.34. The Bertz CT molecular complexity index is 1010. The summed E-state index contributed by atoms with van der Waals surface area (Å²) in [5.74, 6) is 1.07. The van der Waals surface area contributed by atoms with Crippen LogP contribution < -0.4 is 10.1 Å². The van der Waals surface area contributed by atoms with Gasteiger partial charge in [-0.15, -0.1) is 0 Å². The van der Waals surface area contributed by atoms with E-state index in [1.54, 1.807) is 7.11 Å². The van der Waals surface area contributed by atoms with Gasteiger partial charge in [0.05, 0.1) is 13.2 Å². The SMILES string of the molecule is COc1ccc2[nH]c3c(c2c1)CN(C(=O)[C@H]1CC[C@H](c2ccccc2)N1)CC3. The van der Waals surface area contributed by atoms with Crippen molar-refractivity contribution in [2.24, 2.45) is 0 Å². The van der Waals surface area contributed by atoms with Gasteiger partial charge in [-0.25, -0.2) is 0 Å². The minimum Gasteiger partial charge on any atom is -0.497 e. The number of nitrogens with one attached hydrogen (secondary N) is 2.